The lowest BCUT2D eigenvalue weighted by Gasteiger charge is -2.27. The summed E-state index contributed by atoms with van der Waals surface area (Å²) in [4.78, 5) is 27.6. The zero-order chi connectivity index (χ0) is 20.5. The number of carbonyl (C=O) groups excluding carboxylic acids is 2. The van der Waals surface area contributed by atoms with Crippen molar-refractivity contribution in [1.82, 2.24) is 4.90 Å². The minimum Gasteiger partial charge on any atom is -0.451 e. The maximum absolute atomic E-state index is 12.9. The molecule has 0 bridgehead atoms. The van der Waals surface area contributed by atoms with Crippen molar-refractivity contribution in [3.63, 3.8) is 0 Å². The van der Waals surface area contributed by atoms with E-state index in [0.717, 1.165) is 16.2 Å². The van der Waals surface area contributed by atoms with Crippen LogP contribution in [0.25, 0.3) is 21.7 Å². The van der Waals surface area contributed by atoms with Gasteiger partial charge in [0.1, 0.15) is 5.58 Å². The number of hydrogen-bond acceptors (Lipinski definition) is 4. The van der Waals surface area contributed by atoms with Crippen LogP contribution < -0.4 is 5.32 Å². The third-order valence-electron chi connectivity index (χ3n) is 5.35. The number of rotatable bonds is 3. The Morgan fingerprint density at radius 1 is 0.867 bits per heavy atom. The third-order valence-corrected chi connectivity index (χ3v) is 5.35. The molecule has 1 aromatic heterocycles. The molecule has 0 spiro atoms. The van der Waals surface area contributed by atoms with Crippen LogP contribution in [0.2, 0.25) is 0 Å². The van der Waals surface area contributed by atoms with Gasteiger partial charge in [-0.2, -0.15) is 0 Å². The molecular weight excluding hydrogens is 380 g/mol. The average Bonchev–Trinajstić information content (AvgIpc) is 3.25. The first kappa shape index (κ1) is 18.4. The van der Waals surface area contributed by atoms with Crippen molar-refractivity contribution in [3.05, 3.63) is 78.1 Å². The fourth-order valence-corrected chi connectivity index (χ4v) is 3.80. The fraction of sp³-hybridized carbons (Fsp3) is 0.167. The number of carbonyl (C=O) groups is 2. The van der Waals surface area contributed by atoms with Gasteiger partial charge in [-0.15, -0.1) is 0 Å². The Morgan fingerprint density at radius 3 is 2.50 bits per heavy atom. The summed E-state index contributed by atoms with van der Waals surface area (Å²) in [5.74, 6) is -0.308. The molecule has 6 heteroatoms. The molecule has 1 aliphatic rings. The van der Waals surface area contributed by atoms with Gasteiger partial charge in [0, 0.05) is 18.5 Å². The van der Waals surface area contributed by atoms with Crippen molar-refractivity contribution in [1.29, 1.82) is 0 Å². The number of nitrogens with one attached hydrogen (secondary N) is 1. The minimum absolute atomic E-state index is 0.121. The van der Waals surface area contributed by atoms with Crippen LogP contribution in [-0.4, -0.2) is 43.0 Å². The van der Waals surface area contributed by atoms with Gasteiger partial charge in [-0.3, -0.25) is 9.59 Å². The molecule has 5 rings (SSSR count). The Labute approximate surface area is 173 Å². The summed E-state index contributed by atoms with van der Waals surface area (Å²) in [5.41, 5.74) is 1.56. The molecule has 150 valence electrons. The first-order valence-corrected chi connectivity index (χ1v) is 9.89. The van der Waals surface area contributed by atoms with E-state index in [4.69, 9.17) is 9.15 Å². The summed E-state index contributed by atoms with van der Waals surface area (Å²) in [7, 11) is 0. The number of nitrogens with zero attached hydrogens (tertiary/aromatic N) is 1. The second kappa shape index (κ2) is 7.65. The Morgan fingerprint density at radius 2 is 1.63 bits per heavy atom. The van der Waals surface area contributed by atoms with Crippen LogP contribution in [-0.2, 0) is 4.74 Å². The Balaban J connectivity index is 1.44. The summed E-state index contributed by atoms with van der Waals surface area (Å²) >= 11 is 0. The van der Waals surface area contributed by atoms with Gasteiger partial charge in [0.15, 0.2) is 5.76 Å². The van der Waals surface area contributed by atoms with Crippen molar-refractivity contribution < 1.29 is 18.7 Å². The van der Waals surface area contributed by atoms with Gasteiger partial charge in [0.2, 0.25) is 0 Å². The van der Waals surface area contributed by atoms with Gasteiger partial charge in [-0.05, 0) is 35.0 Å². The van der Waals surface area contributed by atoms with Crippen molar-refractivity contribution in [2.24, 2.45) is 0 Å². The van der Waals surface area contributed by atoms with Crippen LogP contribution in [0.3, 0.4) is 0 Å². The Bertz CT molecular complexity index is 1250. The highest BCUT2D eigenvalue weighted by molar-refractivity contribution is 6.12. The van der Waals surface area contributed by atoms with Gasteiger partial charge in [0.25, 0.3) is 11.8 Å². The monoisotopic (exact) mass is 400 g/mol. The van der Waals surface area contributed by atoms with E-state index in [1.807, 2.05) is 36.4 Å². The molecular formula is C24H20N2O4. The highest BCUT2D eigenvalue weighted by atomic mass is 16.5. The lowest BCUT2D eigenvalue weighted by molar-refractivity contribution is 0.0303. The quantitative estimate of drug-likeness (QED) is 0.556. The molecule has 0 radical (unpaired) electrons. The smallest absolute Gasteiger partial charge is 0.291 e. The highest BCUT2D eigenvalue weighted by Gasteiger charge is 2.22. The van der Waals surface area contributed by atoms with Crippen LogP contribution in [0.4, 0.5) is 5.69 Å². The molecule has 3 aromatic carbocycles. The summed E-state index contributed by atoms with van der Waals surface area (Å²) in [6.07, 6.45) is 0. The molecule has 1 N–H and O–H groups in total. The standard InChI is InChI=1S/C24H20N2O4/c27-23(22-15-19-17-6-2-1-5-16(17)9-10-21(19)30-22)25-20-8-4-3-7-18(20)24(28)26-11-13-29-14-12-26/h1-10,15H,11-14H2,(H,25,27). The summed E-state index contributed by atoms with van der Waals surface area (Å²) in [6, 6.07) is 20.6. The third kappa shape index (κ3) is 3.31. The number of fused-ring (bicyclic) bond motifs is 3. The summed E-state index contributed by atoms with van der Waals surface area (Å²) < 4.78 is 11.1. The van der Waals surface area contributed by atoms with E-state index >= 15 is 0 Å². The normalized spacial score (nSPS) is 14.2. The number of furan rings is 1. The molecule has 30 heavy (non-hydrogen) atoms. The first-order chi connectivity index (χ1) is 14.7. The number of ether oxygens (including phenoxy) is 1. The molecule has 1 fully saturated rings. The van der Waals surface area contributed by atoms with E-state index in [2.05, 4.69) is 5.32 Å². The summed E-state index contributed by atoms with van der Waals surface area (Å²) in [6.45, 7) is 2.12. The molecule has 2 heterocycles. The zero-order valence-corrected chi connectivity index (χ0v) is 16.3. The second-order valence-corrected chi connectivity index (χ2v) is 7.21. The van der Waals surface area contributed by atoms with Gasteiger partial charge >= 0.3 is 0 Å². The van der Waals surface area contributed by atoms with Gasteiger partial charge in [0.05, 0.1) is 24.5 Å². The number of morpholine rings is 1. The average molecular weight is 400 g/mol. The van der Waals surface area contributed by atoms with E-state index in [1.165, 1.54) is 0 Å². The molecule has 4 aromatic rings. The topological polar surface area (TPSA) is 71.8 Å². The Kier molecular flexibility index (Phi) is 4.69. The maximum atomic E-state index is 12.9. The van der Waals surface area contributed by atoms with Crippen LogP contribution in [0.15, 0.2) is 71.1 Å². The zero-order valence-electron chi connectivity index (χ0n) is 16.3. The maximum Gasteiger partial charge on any atom is 0.291 e. The summed E-state index contributed by atoms with van der Waals surface area (Å²) in [5, 5.41) is 5.84. The van der Waals surface area contributed by atoms with Crippen molar-refractivity contribution >= 4 is 39.2 Å². The van der Waals surface area contributed by atoms with Crippen LogP contribution in [0, 0.1) is 0 Å². The second-order valence-electron chi connectivity index (χ2n) is 7.21. The number of para-hydroxylation sites is 1. The SMILES string of the molecule is O=C(Nc1ccccc1C(=O)N1CCOCC1)c1cc2c(ccc3ccccc32)o1. The van der Waals surface area contributed by atoms with Gasteiger partial charge in [-0.1, -0.05) is 42.5 Å². The first-order valence-electron chi connectivity index (χ1n) is 9.89. The lowest BCUT2D eigenvalue weighted by Crippen LogP contribution is -2.41. The van der Waals surface area contributed by atoms with E-state index in [-0.39, 0.29) is 11.7 Å². The minimum atomic E-state index is -0.391. The molecule has 6 nitrogen and oxygen atoms in total. The van der Waals surface area contributed by atoms with Gasteiger partial charge < -0.3 is 19.4 Å². The molecule has 1 saturated heterocycles. The Hall–Kier alpha value is -3.64. The fourth-order valence-electron chi connectivity index (χ4n) is 3.80. The molecule has 1 aliphatic heterocycles. The van der Waals surface area contributed by atoms with E-state index < -0.39 is 5.91 Å². The molecule has 0 unspecified atom stereocenters. The van der Waals surface area contributed by atoms with E-state index in [9.17, 15) is 9.59 Å². The molecule has 2 amide bonds. The number of hydrogen-bond donors (Lipinski definition) is 1. The van der Waals surface area contributed by atoms with Crippen molar-refractivity contribution in [2.45, 2.75) is 0 Å². The number of amides is 2. The lowest BCUT2D eigenvalue weighted by atomic mass is 10.1. The molecule has 0 atom stereocenters. The van der Waals surface area contributed by atoms with Crippen molar-refractivity contribution in [3.8, 4) is 0 Å². The van der Waals surface area contributed by atoms with Crippen LogP contribution in [0.1, 0.15) is 20.9 Å². The predicted octanol–water partition coefficient (Wildman–Crippen LogP) is 4.31. The molecule has 0 aliphatic carbocycles. The van der Waals surface area contributed by atoms with E-state index in [0.29, 0.717) is 43.1 Å². The van der Waals surface area contributed by atoms with Crippen molar-refractivity contribution in [2.75, 3.05) is 31.6 Å². The number of anilines is 1. The van der Waals surface area contributed by atoms with Crippen LogP contribution >= 0.6 is 0 Å². The van der Waals surface area contributed by atoms with Crippen LogP contribution in [0.5, 0.6) is 0 Å². The van der Waals surface area contributed by atoms with Gasteiger partial charge in [-0.25, -0.2) is 0 Å². The van der Waals surface area contributed by atoms with E-state index in [1.54, 1.807) is 35.2 Å². The number of benzene rings is 3. The molecule has 0 saturated carbocycles. The largest absolute Gasteiger partial charge is 0.451 e. The predicted molar refractivity (Wildman–Crippen MR) is 115 cm³/mol. The highest BCUT2D eigenvalue weighted by Crippen LogP contribution is 2.29.